The van der Waals surface area contributed by atoms with Crippen LogP contribution in [0.5, 0.6) is 0 Å². The second kappa shape index (κ2) is 15.6. The molecule has 22 heavy (non-hydrogen) atoms. The van der Waals surface area contributed by atoms with Gasteiger partial charge >= 0.3 is 0 Å². The fraction of sp³-hybridized carbons (Fsp3) is 0.905. The van der Waals surface area contributed by atoms with E-state index in [1.54, 1.807) is 0 Å². The smallest absolute Gasteiger partial charge is 0.132 e. The van der Waals surface area contributed by atoms with Gasteiger partial charge in [0.25, 0.3) is 0 Å². The first-order chi connectivity index (χ1) is 10.6. The highest BCUT2D eigenvalue weighted by atomic mass is 16.1. The molecule has 0 aliphatic heterocycles. The van der Waals surface area contributed by atoms with Crippen molar-refractivity contribution in [1.82, 2.24) is 0 Å². The van der Waals surface area contributed by atoms with Crippen LogP contribution in [0.3, 0.4) is 0 Å². The number of unbranched alkanes of at least 4 members (excludes halogenated alkanes) is 7. The van der Waals surface area contributed by atoms with E-state index >= 15 is 0 Å². The van der Waals surface area contributed by atoms with Crippen molar-refractivity contribution < 1.29 is 4.79 Å². The lowest BCUT2D eigenvalue weighted by Gasteiger charge is -2.15. The van der Waals surface area contributed by atoms with Gasteiger partial charge in [-0.15, -0.1) is 0 Å². The first-order valence-electron chi connectivity index (χ1n) is 9.91. The second-order valence-corrected chi connectivity index (χ2v) is 7.36. The van der Waals surface area contributed by atoms with Gasteiger partial charge in [-0.25, -0.2) is 0 Å². The molecule has 0 aliphatic rings. The van der Waals surface area contributed by atoms with E-state index in [0.717, 1.165) is 50.4 Å². The van der Waals surface area contributed by atoms with Gasteiger partial charge in [-0.1, -0.05) is 85.5 Å². The summed E-state index contributed by atoms with van der Waals surface area (Å²) in [5, 5.41) is 0. The van der Waals surface area contributed by atoms with Crippen LogP contribution >= 0.6 is 0 Å². The maximum absolute atomic E-state index is 11.6. The van der Waals surface area contributed by atoms with Crippen molar-refractivity contribution in [1.29, 1.82) is 0 Å². The third kappa shape index (κ3) is 14.6. The van der Waals surface area contributed by atoms with Gasteiger partial charge in [0.2, 0.25) is 0 Å². The molecule has 0 spiro atoms. The highest BCUT2D eigenvalue weighted by molar-refractivity contribution is 5.78. The van der Waals surface area contributed by atoms with Crippen molar-refractivity contribution in [2.45, 2.75) is 111 Å². The van der Waals surface area contributed by atoms with Gasteiger partial charge in [-0.2, -0.15) is 0 Å². The Labute approximate surface area is 140 Å². The molecule has 0 N–H and O–H groups in total. The second-order valence-electron chi connectivity index (χ2n) is 7.36. The van der Waals surface area contributed by atoms with E-state index in [4.69, 9.17) is 0 Å². The molecular formula is C21H41O. The number of rotatable bonds is 16. The molecule has 0 aromatic rings. The summed E-state index contributed by atoms with van der Waals surface area (Å²) in [6.07, 6.45) is 16.6. The van der Waals surface area contributed by atoms with Gasteiger partial charge in [-0.3, -0.25) is 4.79 Å². The van der Waals surface area contributed by atoms with Gasteiger partial charge in [0.05, 0.1) is 0 Å². The predicted octanol–water partition coefficient (Wildman–Crippen LogP) is 7.14. The summed E-state index contributed by atoms with van der Waals surface area (Å²) in [4.78, 5) is 11.6. The summed E-state index contributed by atoms with van der Waals surface area (Å²) >= 11 is 0. The lowest BCUT2D eigenvalue weighted by molar-refractivity contribution is -0.119. The molecule has 0 rings (SSSR count). The molecule has 0 fully saturated rings. The van der Waals surface area contributed by atoms with E-state index in [-0.39, 0.29) is 0 Å². The molecule has 0 saturated heterocycles. The fourth-order valence-electron chi connectivity index (χ4n) is 3.12. The van der Waals surface area contributed by atoms with Gasteiger partial charge in [-0.05, 0) is 31.1 Å². The monoisotopic (exact) mass is 309 g/mol. The summed E-state index contributed by atoms with van der Waals surface area (Å²) in [5.74, 6) is 2.25. The molecule has 0 aromatic carbocycles. The molecule has 1 radical (unpaired) electrons. The number of hydrogen-bond donors (Lipinski definition) is 0. The summed E-state index contributed by atoms with van der Waals surface area (Å²) in [6, 6.07) is 0. The summed E-state index contributed by atoms with van der Waals surface area (Å²) < 4.78 is 0. The van der Waals surface area contributed by atoms with Crippen LogP contribution in [0.2, 0.25) is 0 Å². The van der Waals surface area contributed by atoms with Crippen LogP contribution in [0.1, 0.15) is 111 Å². The Morgan fingerprint density at radius 1 is 0.818 bits per heavy atom. The van der Waals surface area contributed by atoms with Crippen molar-refractivity contribution in [2.75, 3.05) is 0 Å². The summed E-state index contributed by atoms with van der Waals surface area (Å²) in [7, 11) is 0. The van der Waals surface area contributed by atoms with Crippen LogP contribution in [-0.2, 0) is 4.79 Å². The number of hydrogen-bond acceptors (Lipinski definition) is 1. The Balaban J connectivity index is 3.28. The average molecular weight is 310 g/mol. The van der Waals surface area contributed by atoms with E-state index in [0.29, 0.717) is 5.78 Å². The van der Waals surface area contributed by atoms with Gasteiger partial charge in [0.15, 0.2) is 0 Å². The fourth-order valence-corrected chi connectivity index (χ4v) is 3.12. The number of carbonyl (C=O) groups excluding carboxylic acids is 1. The molecule has 0 aliphatic carbocycles. The van der Waals surface area contributed by atoms with Gasteiger partial charge < -0.3 is 0 Å². The highest BCUT2D eigenvalue weighted by Gasteiger charge is 2.06. The third-order valence-corrected chi connectivity index (χ3v) is 4.86. The molecule has 0 bridgehead atoms. The molecule has 0 saturated carbocycles. The Hall–Kier alpha value is -0.330. The molecule has 2 unspecified atom stereocenters. The molecule has 2 atom stereocenters. The Bertz CT molecular complexity index is 246. The van der Waals surface area contributed by atoms with Crippen LogP contribution in [0, 0.1) is 18.8 Å². The third-order valence-electron chi connectivity index (χ3n) is 4.86. The van der Waals surface area contributed by atoms with Crippen molar-refractivity contribution in [3.8, 4) is 0 Å². The number of ketones is 1. The minimum absolute atomic E-state index is 0.465. The molecule has 0 heterocycles. The normalized spacial score (nSPS) is 14.0. The van der Waals surface area contributed by atoms with Crippen molar-refractivity contribution >= 4 is 5.78 Å². The zero-order valence-electron chi connectivity index (χ0n) is 15.7. The van der Waals surface area contributed by atoms with E-state index in [2.05, 4.69) is 27.7 Å². The highest BCUT2D eigenvalue weighted by Crippen LogP contribution is 2.20. The van der Waals surface area contributed by atoms with Gasteiger partial charge in [0.1, 0.15) is 5.78 Å². The largest absolute Gasteiger partial charge is 0.300 e. The van der Waals surface area contributed by atoms with E-state index in [9.17, 15) is 4.79 Å². The topological polar surface area (TPSA) is 17.1 Å². The zero-order valence-corrected chi connectivity index (χ0v) is 15.7. The number of Topliss-reactive ketones (excluding diaryl/α,β-unsaturated/α-hetero) is 1. The quantitative estimate of drug-likeness (QED) is 0.277. The van der Waals surface area contributed by atoms with E-state index in [1.807, 2.05) is 0 Å². The summed E-state index contributed by atoms with van der Waals surface area (Å²) in [6.45, 7) is 10.9. The van der Waals surface area contributed by atoms with Crippen LogP contribution in [0.4, 0.5) is 0 Å². The number of carbonyl (C=O) groups is 1. The Morgan fingerprint density at radius 2 is 1.36 bits per heavy atom. The lowest BCUT2D eigenvalue weighted by atomic mass is 9.91. The van der Waals surface area contributed by atoms with Crippen LogP contribution in [0.15, 0.2) is 0 Å². The molecule has 1 nitrogen and oxygen atoms in total. The first kappa shape index (κ1) is 21.7. The first-order valence-corrected chi connectivity index (χ1v) is 9.91. The minimum atomic E-state index is 0.465. The maximum Gasteiger partial charge on any atom is 0.132 e. The van der Waals surface area contributed by atoms with Crippen LogP contribution in [-0.4, -0.2) is 5.78 Å². The van der Waals surface area contributed by atoms with Crippen molar-refractivity contribution in [2.24, 2.45) is 11.8 Å². The van der Waals surface area contributed by atoms with Crippen LogP contribution < -0.4 is 0 Å². The molecule has 131 valence electrons. The average Bonchev–Trinajstić information content (AvgIpc) is 2.50. The summed E-state index contributed by atoms with van der Waals surface area (Å²) in [5.41, 5.74) is 0. The molecule has 0 aromatic heterocycles. The Morgan fingerprint density at radius 3 is 1.95 bits per heavy atom. The molecule has 1 heteroatoms. The van der Waals surface area contributed by atoms with Crippen LogP contribution in [0.25, 0.3) is 0 Å². The van der Waals surface area contributed by atoms with Crippen molar-refractivity contribution in [3.05, 3.63) is 6.92 Å². The molecule has 0 amide bonds. The maximum atomic E-state index is 11.6. The lowest BCUT2D eigenvalue weighted by Crippen LogP contribution is -2.02. The minimum Gasteiger partial charge on any atom is -0.300 e. The van der Waals surface area contributed by atoms with E-state index < -0.39 is 0 Å². The van der Waals surface area contributed by atoms with Gasteiger partial charge in [0, 0.05) is 12.8 Å². The van der Waals surface area contributed by atoms with Crippen molar-refractivity contribution in [3.63, 3.8) is 0 Å². The zero-order chi connectivity index (χ0) is 16.6. The molecular weight excluding hydrogens is 268 g/mol. The Kier molecular flexibility index (Phi) is 15.3. The van der Waals surface area contributed by atoms with E-state index in [1.165, 1.54) is 51.4 Å². The standard InChI is InChI=1S/C21H41O/c1-5-7-12-16-21(22)17-14-11-9-8-10-13-15-20(4)18-19(3)6-2/h19-20H,1,5-18H2,2-4H3. The predicted molar refractivity (Wildman–Crippen MR) is 99.0 cm³/mol. The SMILES string of the molecule is [CH2]CCCCC(=O)CCCCCCCCC(C)CC(C)CC.